The third kappa shape index (κ3) is 15.3. The average Bonchev–Trinajstić information content (AvgIpc) is 3.59. The van der Waals surface area contributed by atoms with Gasteiger partial charge in [0.1, 0.15) is 0 Å². The van der Waals surface area contributed by atoms with E-state index < -0.39 is 31.7 Å². The van der Waals surface area contributed by atoms with Crippen LogP contribution < -0.4 is 0 Å². The van der Waals surface area contributed by atoms with Crippen molar-refractivity contribution in [1.82, 2.24) is 9.97 Å². The van der Waals surface area contributed by atoms with Crippen LogP contribution in [0.25, 0.3) is 0 Å². The summed E-state index contributed by atoms with van der Waals surface area (Å²) in [5.74, 6) is -2.50. The molecule has 0 aliphatic rings. The van der Waals surface area contributed by atoms with Crippen LogP contribution in [0.4, 0.5) is 0 Å². The van der Waals surface area contributed by atoms with Crippen LogP contribution in [0.3, 0.4) is 0 Å². The molecule has 0 unspecified atom stereocenters. The minimum absolute atomic E-state index is 0.271. The Labute approximate surface area is 264 Å². The molecule has 238 valence electrons. The molecule has 0 aliphatic carbocycles. The van der Waals surface area contributed by atoms with Crippen LogP contribution in [0.1, 0.15) is 41.9 Å². The number of carbonyl (C=O) groups is 2. The van der Waals surface area contributed by atoms with Gasteiger partial charge in [-0.25, -0.2) is 19.6 Å². The predicted molar refractivity (Wildman–Crippen MR) is 167 cm³/mol. The number of aryl methyl sites for hydroxylation is 2. The number of thiazole rings is 2. The highest BCUT2D eigenvalue weighted by atomic mass is 32.2. The average molecular weight is 685 g/mol. The van der Waals surface area contributed by atoms with Crippen molar-refractivity contribution in [3.05, 3.63) is 104 Å². The van der Waals surface area contributed by atoms with E-state index in [2.05, 4.69) is 9.97 Å². The van der Waals surface area contributed by atoms with Crippen molar-refractivity contribution in [2.45, 2.75) is 26.7 Å². The molecule has 0 radical (unpaired) electrons. The highest BCUT2D eigenvalue weighted by Crippen LogP contribution is 2.14. The fourth-order valence-electron chi connectivity index (χ4n) is 3.13. The van der Waals surface area contributed by atoms with E-state index in [1.807, 2.05) is 61.3 Å². The number of aromatic nitrogens is 2. The molecular formula is C28H32N2O10S4. The van der Waals surface area contributed by atoms with Crippen LogP contribution in [-0.4, -0.2) is 72.6 Å². The Morgan fingerprint density at radius 3 is 1.27 bits per heavy atom. The summed E-state index contributed by atoms with van der Waals surface area (Å²) in [6.07, 6.45) is 1.46. The Hall–Kier alpha value is -3.54. The zero-order valence-electron chi connectivity index (χ0n) is 23.9. The lowest BCUT2D eigenvalue weighted by Crippen LogP contribution is -2.15. The minimum atomic E-state index is -4.30. The zero-order valence-corrected chi connectivity index (χ0v) is 27.1. The van der Waals surface area contributed by atoms with E-state index in [1.54, 1.807) is 46.9 Å². The summed E-state index contributed by atoms with van der Waals surface area (Å²) in [4.78, 5) is 33.9. The molecule has 0 spiro atoms. The van der Waals surface area contributed by atoms with E-state index in [1.165, 1.54) is 9.75 Å². The Morgan fingerprint density at radius 1 is 0.659 bits per heavy atom. The summed E-state index contributed by atoms with van der Waals surface area (Å²) < 4.78 is 65.8. The highest BCUT2D eigenvalue weighted by Gasteiger charge is 2.12. The molecule has 44 heavy (non-hydrogen) atoms. The number of ether oxygens (including phenoxy) is 2. The first-order chi connectivity index (χ1) is 20.7. The summed E-state index contributed by atoms with van der Waals surface area (Å²) >= 11 is 3.19. The lowest BCUT2D eigenvalue weighted by Gasteiger charge is -2.03. The van der Waals surface area contributed by atoms with Crippen LogP contribution in [0.5, 0.6) is 0 Å². The molecule has 0 atom stereocenters. The Bertz CT molecular complexity index is 1550. The summed E-state index contributed by atoms with van der Waals surface area (Å²) in [7, 11) is -8.59. The van der Waals surface area contributed by atoms with Gasteiger partial charge in [0.2, 0.25) is 0 Å². The third-order valence-electron chi connectivity index (χ3n) is 5.43. The summed E-state index contributed by atoms with van der Waals surface area (Å²) in [5, 5.41) is 0. The maximum Gasteiger partial charge on any atom is 0.338 e. The zero-order chi connectivity index (χ0) is 32.6. The first-order valence-corrected chi connectivity index (χ1v) is 17.9. The molecule has 0 saturated carbocycles. The van der Waals surface area contributed by atoms with Gasteiger partial charge in [0.05, 0.1) is 58.3 Å². The fraction of sp³-hybridized carbons (Fsp3) is 0.286. The van der Waals surface area contributed by atoms with Crippen LogP contribution >= 0.6 is 22.7 Å². The first-order valence-electron chi connectivity index (χ1n) is 12.9. The van der Waals surface area contributed by atoms with Crippen molar-refractivity contribution in [2.75, 3.05) is 24.7 Å². The number of benzene rings is 2. The van der Waals surface area contributed by atoms with E-state index in [0.717, 1.165) is 24.2 Å². The number of esters is 2. The molecule has 4 aromatic rings. The lowest BCUT2D eigenvalue weighted by atomic mass is 10.2. The SMILES string of the molecule is Cc1ncsc1CCOC(=O)c1ccccc1.Cc1ncsc1CCOC(=O)c1ccccc1.O=S(=O)(O)CCS(=O)(=O)O. The minimum Gasteiger partial charge on any atom is -0.462 e. The van der Waals surface area contributed by atoms with Crippen molar-refractivity contribution in [2.24, 2.45) is 0 Å². The summed E-state index contributed by atoms with van der Waals surface area (Å²) in [5.41, 5.74) is 6.84. The van der Waals surface area contributed by atoms with Gasteiger partial charge in [-0.1, -0.05) is 36.4 Å². The lowest BCUT2D eigenvalue weighted by molar-refractivity contribution is 0.0500. The van der Waals surface area contributed by atoms with Crippen molar-refractivity contribution in [1.29, 1.82) is 0 Å². The van der Waals surface area contributed by atoms with Crippen LogP contribution in [0.2, 0.25) is 0 Å². The molecule has 12 nitrogen and oxygen atoms in total. The van der Waals surface area contributed by atoms with Gasteiger partial charge in [-0.15, -0.1) is 22.7 Å². The molecular weight excluding hydrogens is 653 g/mol. The van der Waals surface area contributed by atoms with E-state index in [9.17, 15) is 26.4 Å². The van der Waals surface area contributed by atoms with E-state index in [4.69, 9.17) is 18.6 Å². The van der Waals surface area contributed by atoms with Crippen LogP contribution in [-0.2, 0) is 42.6 Å². The molecule has 2 heterocycles. The molecule has 0 aliphatic heterocycles. The fourth-order valence-corrected chi connectivity index (χ4v) is 6.34. The normalized spacial score (nSPS) is 10.9. The monoisotopic (exact) mass is 684 g/mol. The molecule has 4 rings (SSSR count). The second-order valence-corrected chi connectivity index (χ2v) is 13.8. The molecule has 16 heteroatoms. The maximum absolute atomic E-state index is 11.6. The van der Waals surface area contributed by atoms with Crippen molar-refractivity contribution >= 4 is 54.8 Å². The number of nitrogens with zero attached hydrogens (tertiary/aromatic N) is 2. The van der Waals surface area contributed by atoms with E-state index >= 15 is 0 Å². The van der Waals surface area contributed by atoms with Gasteiger partial charge in [-0.2, -0.15) is 16.8 Å². The number of hydrogen-bond donors (Lipinski definition) is 2. The molecule has 2 aromatic carbocycles. The summed E-state index contributed by atoms with van der Waals surface area (Å²) in [6, 6.07) is 18.0. The predicted octanol–water partition coefficient (Wildman–Crippen LogP) is 4.46. The Kier molecular flexibility index (Phi) is 15.3. The van der Waals surface area contributed by atoms with Crippen molar-refractivity contribution in [3.63, 3.8) is 0 Å². The Balaban J connectivity index is 0.000000240. The van der Waals surface area contributed by atoms with Crippen LogP contribution in [0.15, 0.2) is 71.7 Å². The van der Waals surface area contributed by atoms with Gasteiger partial charge >= 0.3 is 11.9 Å². The summed E-state index contributed by atoms with van der Waals surface area (Å²) in [6.45, 7) is 4.73. The van der Waals surface area contributed by atoms with E-state index in [0.29, 0.717) is 24.3 Å². The van der Waals surface area contributed by atoms with Crippen LogP contribution in [0, 0.1) is 13.8 Å². The number of carbonyl (C=O) groups excluding carboxylic acids is 2. The largest absolute Gasteiger partial charge is 0.462 e. The van der Waals surface area contributed by atoms with Crippen molar-refractivity contribution in [3.8, 4) is 0 Å². The highest BCUT2D eigenvalue weighted by molar-refractivity contribution is 7.89. The van der Waals surface area contributed by atoms with Gasteiger partial charge in [0, 0.05) is 22.6 Å². The second-order valence-electron chi connectivity index (χ2n) is 8.80. The van der Waals surface area contributed by atoms with Crippen molar-refractivity contribution < 1.29 is 45.0 Å². The van der Waals surface area contributed by atoms with E-state index in [-0.39, 0.29) is 11.9 Å². The number of rotatable bonds is 11. The quantitative estimate of drug-likeness (QED) is 0.167. The third-order valence-corrected chi connectivity index (χ3v) is 9.12. The van der Waals surface area contributed by atoms with Gasteiger partial charge < -0.3 is 9.47 Å². The molecule has 0 amide bonds. The van der Waals surface area contributed by atoms with Gasteiger partial charge in [-0.3, -0.25) is 9.11 Å². The van der Waals surface area contributed by atoms with Gasteiger partial charge in [0.25, 0.3) is 20.2 Å². The maximum atomic E-state index is 11.6. The Morgan fingerprint density at radius 2 is 1.00 bits per heavy atom. The molecule has 0 saturated heterocycles. The first kappa shape index (κ1) is 36.7. The molecule has 2 N–H and O–H groups in total. The molecule has 2 aromatic heterocycles. The topological polar surface area (TPSA) is 187 Å². The van der Waals surface area contributed by atoms with Gasteiger partial charge in [-0.05, 0) is 38.1 Å². The standard InChI is InChI=1S/2C13H13NO2S.C2H6O6S2/c2*1-10-12(17-9-14-10)7-8-16-13(15)11-5-3-2-4-6-11;3-9(4,5)1-2-10(6,7)8/h2*2-6,9H,7-8H2,1H3;1-2H2,(H,3,4,5)(H,6,7,8). The smallest absolute Gasteiger partial charge is 0.338 e. The second kappa shape index (κ2) is 18.3. The number of hydrogen-bond acceptors (Lipinski definition) is 12. The molecule has 0 bridgehead atoms. The van der Waals surface area contributed by atoms with Gasteiger partial charge in [0.15, 0.2) is 0 Å². The molecule has 0 fully saturated rings.